The maximum Gasteiger partial charge on any atom is 0.422 e. The minimum Gasteiger partial charge on any atom is -0.487 e. The summed E-state index contributed by atoms with van der Waals surface area (Å²) in [5.41, 5.74) is 0.798. The molecule has 0 aliphatic carbocycles. The van der Waals surface area contributed by atoms with Gasteiger partial charge in [0.1, 0.15) is 16.5 Å². The summed E-state index contributed by atoms with van der Waals surface area (Å²) in [5, 5.41) is 5.55. The summed E-state index contributed by atoms with van der Waals surface area (Å²) >= 11 is 6.36. The monoisotopic (exact) mass is 548 g/mol. The van der Waals surface area contributed by atoms with Crippen LogP contribution >= 0.6 is 23.6 Å². The molecule has 35 heavy (non-hydrogen) atoms. The highest BCUT2D eigenvalue weighted by atomic mass is 32.1. The molecular formula is C20H19F7N2O4S2. The van der Waals surface area contributed by atoms with Crippen molar-refractivity contribution in [2.24, 2.45) is 0 Å². The van der Waals surface area contributed by atoms with Gasteiger partial charge in [0.25, 0.3) is 0 Å². The van der Waals surface area contributed by atoms with Gasteiger partial charge >= 0.3 is 24.5 Å². The van der Waals surface area contributed by atoms with Gasteiger partial charge in [0, 0.05) is 28.8 Å². The number of hydrogen-bond acceptors (Lipinski definition) is 6. The van der Waals surface area contributed by atoms with Crippen molar-refractivity contribution in [1.29, 1.82) is 0 Å². The van der Waals surface area contributed by atoms with Crippen LogP contribution in [0.15, 0.2) is 18.2 Å². The van der Waals surface area contributed by atoms with Crippen LogP contribution in [0.5, 0.6) is 11.5 Å². The van der Waals surface area contributed by atoms with Crippen molar-refractivity contribution >= 4 is 45.3 Å². The van der Waals surface area contributed by atoms with Crippen LogP contribution in [0.1, 0.15) is 20.8 Å². The van der Waals surface area contributed by atoms with Crippen LogP contribution in [0.2, 0.25) is 0 Å². The maximum absolute atomic E-state index is 13.2. The highest BCUT2D eigenvalue weighted by molar-refractivity contribution is 7.80. The van der Waals surface area contributed by atoms with E-state index in [0.717, 1.165) is 23.1 Å². The molecule has 0 bridgehead atoms. The molecule has 0 atom stereocenters. The first-order valence-corrected chi connectivity index (χ1v) is 10.7. The number of thiocarbonyl (C=S) groups is 1. The number of esters is 1. The van der Waals surface area contributed by atoms with E-state index < -0.39 is 49.2 Å². The lowest BCUT2D eigenvalue weighted by Crippen LogP contribution is -2.33. The molecule has 0 unspecified atom stereocenters. The number of anilines is 2. The third-order valence-electron chi connectivity index (χ3n) is 4.29. The van der Waals surface area contributed by atoms with Gasteiger partial charge in [0.05, 0.1) is 12.7 Å². The molecule has 15 heteroatoms. The van der Waals surface area contributed by atoms with E-state index in [1.165, 1.54) is 18.4 Å². The minimum atomic E-state index is -4.71. The Labute approximate surface area is 204 Å². The summed E-state index contributed by atoms with van der Waals surface area (Å²) in [4.78, 5) is 12.9. The van der Waals surface area contributed by atoms with Crippen LogP contribution in [-0.2, 0) is 4.74 Å². The van der Waals surface area contributed by atoms with Gasteiger partial charge < -0.3 is 24.8 Å². The van der Waals surface area contributed by atoms with Crippen LogP contribution in [0, 0.1) is 13.8 Å². The summed E-state index contributed by atoms with van der Waals surface area (Å²) in [5.74, 6) is -6.06. The summed E-state index contributed by atoms with van der Waals surface area (Å²) < 4.78 is 103. The maximum atomic E-state index is 13.2. The fourth-order valence-corrected chi connectivity index (χ4v) is 3.88. The van der Waals surface area contributed by atoms with Crippen molar-refractivity contribution in [3.8, 4) is 11.5 Å². The molecule has 194 valence electrons. The first-order valence-electron chi connectivity index (χ1n) is 9.52. The third-order valence-corrected chi connectivity index (χ3v) is 5.62. The molecule has 0 spiro atoms. The molecule has 0 saturated carbocycles. The van der Waals surface area contributed by atoms with Gasteiger partial charge in [0.15, 0.2) is 18.3 Å². The number of hydrogen-bond donors (Lipinski definition) is 2. The number of carbonyl (C=O) groups is 1. The zero-order valence-corrected chi connectivity index (χ0v) is 20.0. The van der Waals surface area contributed by atoms with Gasteiger partial charge in [-0.05, 0) is 31.6 Å². The number of nitrogens with one attached hydrogen (secondary N) is 2. The summed E-state index contributed by atoms with van der Waals surface area (Å²) in [6.07, 6.45) is -8.72. The molecule has 0 aliphatic rings. The molecule has 1 aromatic heterocycles. The Morgan fingerprint density at radius 1 is 1.03 bits per heavy atom. The van der Waals surface area contributed by atoms with E-state index in [-0.39, 0.29) is 16.4 Å². The van der Waals surface area contributed by atoms with E-state index in [2.05, 4.69) is 20.1 Å². The van der Waals surface area contributed by atoms with Crippen LogP contribution in [0.3, 0.4) is 0 Å². The third kappa shape index (κ3) is 8.13. The lowest BCUT2D eigenvalue weighted by Gasteiger charge is -2.18. The number of thiophene rings is 1. The van der Waals surface area contributed by atoms with Gasteiger partial charge in [-0.3, -0.25) is 0 Å². The highest BCUT2D eigenvalue weighted by Gasteiger charge is 2.41. The Morgan fingerprint density at radius 2 is 1.60 bits per heavy atom. The van der Waals surface area contributed by atoms with Crippen molar-refractivity contribution in [1.82, 2.24) is 0 Å². The summed E-state index contributed by atoms with van der Waals surface area (Å²) in [6.45, 7) is 0.0160. The number of benzene rings is 1. The van der Waals surface area contributed by atoms with Crippen LogP contribution in [0.4, 0.5) is 41.4 Å². The number of halogens is 7. The molecule has 0 fully saturated rings. The SMILES string of the molecule is COC(=O)c1c(NC(=S)Nc2cc(OCC(F)(F)F)cc(OCC(F)(F)C(F)F)c2)sc(C)c1C. The second-order valence-electron chi connectivity index (χ2n) is 7.01. The molecule has 0 amide bonds. The average molecular weight is 549 g/mol. The zero-order valence-electron chi connectivity index (χ0n) is 18.3. The van der Waals surface area contributed by atoms with Gasteiger partial charge in [-0.2, -0.15) is 22.0 Å². The first kappa shape index (κ1) is 28.4. The molecule has 2 aromatic rings. The molecule has 2 rings (SSSR count). The Hall–Kier alpha value is -2.81. The molecule has 1 aromatic carbocycles. The Bertz CT molecular complexity index is 1070. The van der Waals surface area contributed by atoms with E-state index in [0.29, 0.717) is 10.6 Å². The Balaban J connectivity index is 2.27. The van der Waals surface area contributed by atoms with Crippen LogP contribution < -0.4 is 20.1 Å². The average Bonchev–Trinajstić information content (AvgIpc) is 3.02. The normalized spacial score (nSPS) is 11.9. The van der Waals surface area contributed by atoms with Crippen molar-refractivity contribution in [3.05, 3.63) is 34.2 Å². The van der Waals surface area contributed by atoms with Crippen LogP contribution in [-0.4, -0.2) is 49.9 Å². The number of aryl methyl sites for hydroxylation is 1. The van der Waals surface area contributed by atoms with E-state index in [1.807, 2.05) is 0 Å². The molecule has 0 saturated heterocycles. The number of alkyl halides is 7. The second-order valence-corrected chi connectivity index (χ2v) is 8.64. The minimum absolute atomic E-state index is 0.0674. The molecule has 1 heterocycles. The van der Waals surface area contributed by atoms with Crippen molar-refractivity contribution in [2.75, 3.05) is 31.0 Å². The predicted molar refractivity (Wildman–Crippen MR) is 119 cm³/mol. The Morgan fingerprint density at radius 3 is 2.11 bits per heavy atom. The van der Waals surface area contributed by atoms with Gasteiger partial charge in [-0.1, -0.05) is 0 Å². The fourth-order valence-electron chi connectivity index (χ4n) is 2.55. The molecule has 6 nitrogen and oxygen atoms in total. The van der Waals surface area contributed by atoms with Gasteiger partial charge in [-0.15, -0.1) is 11.3 Å². The number of methoxy groups -OCH3 is 1. The van der Waals surface area contributed by atoms with E-state index in [4.69, 9.17) is 17.0 Å². The summed E-state index contributed by atoms with van der Waals surface area (Å²) in [7, 11) is 1.20. The van der Waals surface area contributed by atoms with Crippen LogP contribution in [0.25, 0.3) is 0 Å². The van der Waals surface area contributed by atoms with Crippen molar-refractivity contribution < 1.29 is 49.7 Å². The zero-order chi connectivity index (χ0) is 26.6. The number of carbonyl (C=O) groups excluding carboxylic acids is 1. The van der Waals surface area contributed by atoms with E-state index in [1.54, 1.807) is 13.8 Å². The van der Waals surface area contributed by atoms with Gasteiger partial charge in [0.2, 0.25) is 0 Å². The standard InChI is InChI=1S/C20H19F7N2O4S2/c1-9-10(2)35-15(14(9)16(30)31-3)29-18(34)28-11-4-12(32-7-19(23,24)17(21)22)6-13(5-11)33-8-20(25,26)27/h4-6,17H,7-8H2,1-3H3,(H2,28,29,34). The van der Waals surface area contributed by atoms with Crippen molar-refractivity contribution in [2.45, 2.75) is 32.4 Å². The smallest absolute Gasteiger partial charge is 0.422 e. The molecule has 0 aliphatic heterocycles. The lowest BCUT2D eigenvalue weighted by atomic mass is 10.1. The predicted octanol–water partition coefficient (Wildman–Crippen LogP) is 6.18. The molecular weight excluding hydrogens is 529 g/mol. The molecule has 2 N–H and O–H groups in total. The Kier molecular flexibility index (Phi) is 9.17. The first-order chi connectivity index (χ1) is 16.1. The van der Waals surface area contributed by atoms with E-state index in [9.17, 15) is 35.5 Å². The van der Waals surface area contributed by atoms with Crippen molar-refractivity contribution in [3.63, 3.8) is 0 Å². The number of rotatable bonds is 9. The quantitative estimate of drug-likeness (QED) is 0.220. The number of ether oxygens (including phenoxy) is 3. The lowest BCUT2D eigenvalue weighted by molar-refractivity contribution is -0.153. The van der Waals surface area contributed by atoms with E-state index >= 15 is 0 Å². The second kappa shape index (κ2) is 11.3. The van der Waals surface area contributed by atoms with Gasteiger partial charge in [-0.25, -0.2) is 13.6 Å². The highest BCUT2D eigenvalue weighted by Crippen LogP contribution is 2.34. The molecule has 0 radical (unpaired) electrons. The largest absolute Gasteiger partial charge is 0.487 e. The summed E-state index contributed by atoms with van der Waals surface area (Å²) in [6, 6.07) is 2.93. The topological polar surface area (TPSA) is 68.8 Å². The fraction of sp³-hybridized carbons (Fsp3) is 0.400.